The van der Waals surface area contributed by atoms with Crippen molar-refractivity contribution in [2.45, 2.75) is 31.9 Å². The van der Waals surface area contributed by atoms with Crippen LogP contribution in [0.2, 0.25) is 0 Å². The molecule has 1 aromatic rings. The smallest absolute Gasteiger partial charge is 0.314 e. The molecule has 1 rings (SSSR count). The maximum Gasteiger partial charge on any atom is 0.314 e. The average Bonchev–Trinajstić information content (AvgIpc) is 2.46. The SMILES string of the molecule is CN(C)c1ccc(CCNC(=O)NCCS(=O)C(C)(C)C)cc1. The number of nitrogens with one attached hydrogen (secondary N) is 2. The maximum atomic E-state index is 11.9. The van der Waals surface area contributed by atoms with Gasteiger partial charge in [0.1, 0.15) is 0 Å². The van der Waals surface area contributed by atoms with Crippen LogP contribution in [0.3, 0.4) is 0 Å². The van der Waals surface area contributed by atoms with Crippen LogP contribution < -0.4 is 15.5 Å². The summed E-state index contributed by atoms with van der Waals surface area (Å²) in [4.78, 5) is 13.7. The van der Waals surface area contributed by atoms with E-state index in [-0.39, 0.29) is 10.8 Å². The molecule has 1 aromatic carbocycles. The second-order valence-electron chi connectivity index (χ2n) is 6.66. The van der Waals surface area contributed by atoms with E-state index >= 15 is 0 Å². The van der Waals surface area contributed by atoms with Crippen LogP contribution in [0.5, 0.6) is 0 Å². The zero-order chi connectivity index (χ0) is 17.5. The lowest BCUT2D eigenvalue weighted by atomic mass is 10.1. The van der Waals surface area contributed by atoms with Crippen LogP contribution in [0, 0.1) is 0 Å². The number of hydrogen-bond donors (Lipinski definition) is 2. The van der Waals surface area contributed by atoms with E-state index in [1.807, 2.05) is 34.9 Å². The molecule has 0 spiro atoms. The van der Waals surface area contributed by atoms with E-state index in [0.29, 0.717) is 18.8 Å². The molecule has 5 nitrogen and oxygen atoms in total. The molecule has 0 aliphatic rings. The number of carbonyl (C=O) groups excluding carboxylic acids is 1. The molecule has 1 unspecified atom stereocenters. The molecule has 2 N–H and O–H groups in total. The Balaban J connectivity index is 2.22. The van der Waals surface area contributed by atoms with Gasteiger partial charge < -0.3 is 15.5 Å². The number of nitrogens with zero attached hydrogens (tertiary/aromatic N) is 1. The summed E-state index contributed by atoms with van der Waals surface area (Å²) in [6.07, 6.45) is 0.787. The van der Waals surface area contributed by atoms with Crippen molar-refractivity contribution in [3.8, 4) is 0 Å². The van der Waals surface area contributed by atoms with Crippen molar-refractivity contribution in [1.82, 2.24) is 10.6 Å². The third-order valence-electron chi connectivity index (χ3n) is 3.41. The van der Waals surface area contributed by atoms with E-state index in [2.05, 4.69) is 39.8 Å². The lowest BCUT2D eigenvalue weighted by Gasteiger charge is -2.17. The van der Waals surface area contributed by atoms with E-state index in [0.717, 1.165) is 12.1 Å². The third kappa shape index (κ3) is 7.50. The van der Waals surface area contributed by atoms with Gasteiger partial charge in [-0.2, -0.15) is 0 Å². The number of carbonyl (C=O) groups is 1. The average molecular weight is 340 g/mol. The van der Waals surface area contributed by atoms with Gasteiger partial charge in [-0.05, 0) is 44.9 Å². The fourth-order valence-electron chi connectivity index (χ4n) is 1.91. The van der Waals surface area contributed by atoms with E-state index in [9.17, 15) is 9.00 Å². The standard InChI is InChI=1S/C17H29N3O2S/c1-17(2,3)23(22)13-12-19-16(21)18-11-10-14-6-8-15(9-7-14)20(4)5/h6-9H,10-13H2,1-5H3,(H2,18,19,21). The van der Waals surface area contributed by atoms with Gasteiger partial charge in [0, 0.05) is 54.2 Å². The van der Waals surface area contributed by atoms with Gasteiger partial charge >= 0.3 is 6.03 Å². The molecule has 0 bridgehead atoms. The maximum absolute atomic E-state index is 11.9. The quantitative estimate of drug-likeness (QED) is 0.800. The van der Waals surface area contributed by atoms with Crippen LogP contribution in [0.15, 0.2) is 24.3 Å². The highest BCUT2D eigenvalue weighted by Crippen LogP contribution is 2.12. The molecule has 1 atom stereocenters. The predicted molar refractivity (Wildman–Crippen MR) is 98.6 cm³/mol. The van der Waals surface area contributed by atoms with Crippen molar-refractivity contribution < 1.29 is 9.00 Å². The second kappa shape index (κ2) is 8.91. The van der Waals surface area contributed by atoms with Crippen molar-refractivity contribution in [3.63, 3.8) is 0 Å². The van der Waals surface area contributed by atoms with Crippen LogP contribution in [0.4, 0.5) is 10.5 Å². The summed E-state index contributed by atoms with van der Waals surface area (Å²) in [5.41, 5.74) is 2.34. The highest BCUT2D eigenvalue weighted by Gasteiger charge is 2.18. The number of amides is 2. The minimum Gasteiger partial charge on any atom is -0.378 e. The first-order valence-corrected chi connectivity index (χ1v) is 9.18. The van der Waals surface area contributed by atoms with E-state index in [1.165, 1.54) is 5.56 Å². The summed E-state index contributed by atoms with van der Waals surface area (Å²) >= 11 is 0. The molecule has 0 saturated carbocycles. The van der Waals surface area contributed by atoms with Crippen molar-refractivity contribution in [1.29, 1.82) is 0 Å². The van der Waals surface area contributed by atoms with Gasteiger partial charge in [0.25, 0.3) is 0 Å². The molecule has 0 fully saturated rings. The van der Waals surface area contributed by atoms with Crippen molar-refractivity contribution in [2.24, 2.45) is 0 Å². The summed E-state index contributed by atoms with van der Waals surface area (Å²) < 4.78 is 11.6. The third-order valence-corrected chi connectivity index (χ3v) is 5.35. The van der Waals surface area contributed by atoms with Crippen molar-refractivity contribution in [3.05, 3.63) is 29.8 Å². The molecule has 6 heteroatoms. The molecule has 0 saturated heterocycles. The molecular weight excluding hydrogens is 310 g/mol. The zero-order valence-electron chi connectivity index (χ0n) is 14.8. The monoisotopic (exact) mass is 339 g/mol. The van der Waals surface area contributed by atoms with Gasteiger partial charge in [-0.3, -0.25) is 4.21 Å². The molecule has 2 amide bonds. The number of anilines is 1. The van der Waals surface area contributed by atoms with E-state index < -0.39 is 10.8 Å². The first kappa shape index (κ1) is 19.5. The number of rotatable bonds is 7. The van der Waals surface area contributed by atoms with Crippen LogP contribution in [0.25, 0.3) is 0 Å². The summed E-state index contributed by atoms with van der Waals surface area (Å²) in [5, 5.41) is 5.57. The predicted octanol–water partition coefficient (Wildman–Crippen LogP) is 2.14. The molecule has 0 aromatic heterocycles. The largest absolute Gasteiger partial charge is 0.378 e. The minimum absolute atomic E-state index is 0.208. The van der Waals surface area contributed by atoms with Crippen LogP contribution in [0.1, 0.15) is 26.3 Å². The van der Waals surface area contributed by atoms with Crippen LogP contribution >= 0.6 is 0 Å². The lowest BCUT2D eigenvalue weighted by molar-refractivity contribution is 0.241. The number of benzene rings is 1. The van der Waals surface area contributed by atoms with Crippen LogP contribution in [-0.2, 0) is 17.2 Å². The fraction of sp³-hybridized carbons (Fsp3) is 0.588. The van der Waals surface area contributed by atoms with Gasteiger partial charge in [0.15, 0.2) is 0 Å². The molecule has 0 radical (unpaired) electrons. The molecule has 0 aliphatic heterocycles. The van der Waals surface area contributed by atoms with Crippen molar-refractivity contribution >= 4 is 22.5 Å². The topological polar surface area (TPSA) is 61.4 Å². The Hall–Kier alpha value is -1.56. The van der Waals surface area contributed by atoms with Crippen molar-refractivity contribution in [2.75, 3.05) is 37.8 Å². The van der Waals surface area contributed by atoms with Gasteiger partial charge in [0.2, 0.25) is 0 Å². The van der Waals surface area contributed by atoms with Gasteiger partial charge in [-0.25, -0.2) is 4.79 Å². The number of hydrogen-bond acceptors (Lipinski definition) is 3. The van der Waals surface area contributed by atoms with Gasteiger partial charge in [0.05, 0.1) is 0 Å². The molecule has 130 valence electrons. The first-order valence-electron chi connectivity index (χ1n) is 7.86. The van der Waals surface area contributed by atoms with E-state index in [1.54, 1.807) is 0 Å². The number of urea groups is 1. The van der Waals surface area contributed by atoms with Gasteiger partial charge in [-0.1, -0.05) is 12.1 Å². The first-order chi connectivity index (χ1) is 10.7. The van der Waals surface area contributed by atoms with Crippen LogP contribution in [-0.4, -0.2) is 47.9 Å². The molecule has 0 aliphatic carbocycles. The Labute approximate surface area is 142 Å². The molecular formula is C17H29N3O2S. The summed E-state index contributed by atoms with van der Waals surface area (Å²) in [7, 11) is 3.07. The molecule has 0 heterocycles. The minimum atomic E-state index is -0.942. The highest BCUT2D eigenvalue weighted by molar-refractivity contribution is 7.86. The summed E-state index contributed by atoms with van der Waals surface area (Å²) in [6, 6.07) is 8.07. The Morgan fingerprint density at radius 1 is 1.09 bits per heavy atom. The highest BCUT2D eigenvalue weighted by atomic mass is 32.2. The fourth-order valence-corrected chi connectivity index (χ4v) is 2.81. The Morgan fingerprint density at radius 3 is 2.17 bits per heavy atom. The Bertz CT molecular complexity index is 522. The summed E-state index contributed by atoms with van der Waals surface area (Å²) in [6.45, 7) is 6.81. The normalized spacial score (nSPS) is 12.6. The second-order valence-corrected chi connectivity index (χ2v) is 8.98. The van der Waals surface area contributed by atoms with E-state index in [4.69, 9.17) is 0 Å². The lowest BCUT2D eigenvalue weighted by Crippen LogP contribution is -2.39. The molecule has 23 heavy (non-hydrogen) atoms. The Kier molecular flexibility index (Phi) is 7.55. The Morgan fingerprint density at radius 2 is 1.65 bits per heavy atom. The van der Waals surface area contributed by atoms with Gasteiger partial charge in [-0.15, -0.1) is 0 Å². The summed E-state index contributed by atoms with van der Waals surface area (Å²) in [5.74, 6) is 0.475. The zero-order valence-corrected chi connectivity index (χ0v) is 15.6.